The van der Waals surface area contributed by atoms with Crippen LogP contribution in [0.5, 0.6) is 17.4 Å². The molecule has 0 saturated carbocycles. The Morgan fingerprint density at radius 1 is 1.00 bits per heavy atom. The predicted octanol–water partition coefficient (Wildman–Crippen LogP) is 4.84. The summed E-state index contributed by atoms with van der Waals surface area (Å²) >= 11 is 0. The highest BCUT2D eigenvalue weighted by molar-refractivity contribution is 5.44. The second-order valence-corrected chi connectivity index (χ2v) is 8.80. The van der Waals surface area contributed by atoms with Gasteiger partial charge in [0.05, 0.1) is 36.8 Å². The van der Waals surface area contributed by atoms with Crippen LogP contribution in [0.3, 0.4) is 0 Å². The summed E-state index contributed by atoms with van der Waals surface area (Å²) in [6.07, 6.45) is -0.561. The van der Waals surface area contributed by atoms with E-state index in [4.69, 9.17) is 19.3 Å². The largest absolute Gasteiger partial charge is 0.497 e. The smallest absolute Gasteiger partial charge is 0.227 e. The molecule has 1 N–H and O–H groups in total. The van der Waals surface area contributed by atoms with Gasteiger partial charge in [0.25, 0.3) is 0 Å². The van der Waals surface area contributed by atoms with Gasteiger partial charge in [-0.2, -0.15) is 5.10 Å². The summed E-state index contributed by atoms with van der Waals surface area (Å²) in [7, 11) is 1.64. The van der Waals surface area contributed by atoms with Crippen molar-refractivity contribution in [3.05, 3.63) is 65.9 Å². The van der Waals surface area contributed by atoms with E-state index >= 15 is 0 Å². The molecule has 1 aromatic heterocycles. The van der Waals surface area contributed by atoms with Crippen molar-refractivity contribution in [1.29, 1.82) is 0 Å². The molecule has 0 aliphatic heterocycles. The number of benzene rings is 2. The molecule has 0 bridgehead atoms. The van der Waals surface area contributed by atoms with Crippen molar-refractivity contribution in [1.82, 2.24) is 14.7 Å². The third kappa shape index (κ3) is 7.06. The van der Waals surface area contributed by atoms with Gasteiger partial charge in [-0.3, -0.25) is 4.90 Å². The molecule has 3 aromatic rings. The topological polar surface area (TPSA) is 69.0 Å². The SMILES string of the molecule is CCOC[C@@H](O)CN(Cc1c(C)nn(-c2ccccc2)c1Oc1ccc(OC)cc1)CC(C)C. The maximum Gasteiger partial charge on any atom is 0.227 e. The Balaban J connectivity index is 1.95. The maximum absolute atomic E-state index is 10.5. The van der Waals surface area contributed by atoms with Gasteiger partial charge in [-0.1, -0.05) is 32.0 Å². The number of methoxy groups -OCH3 is 1. The monoisotopic (exact) mass is 467 g/mol. The second-order valence-electron chi connectivity index (χ2n) is 8.80. The highest BCUT2D eigenvalue weighted by Gasteiger charge is 2.23. The zero-order valence-corrected chi connectivity index (χ0v) is 20.9. The lowest BCUT2D eigenvalue weighted by atomic mass is 10.1. The minimum atomic E-state index is -0.561. The molecule has 0 fully saturated rings. The van der Waals surface area contributed by atoms with E-state index in [-0.39, 0.29) is 0 Å². The number of rotatable bonds is 13. The lowest BCUT2D eigenvalue weighted by molar-refractivity contribution is 0.0173. The minimum absolute atomic E-state index is 0.322. The first kappa shape index (κ1) is 25.7. The number of aryl methyl sites for hydroxylation is 1. The summed E-state index contributed by atoms with van der Waals surface area (Å²) in [5.41, 5.74) is 2.80. The average molecular weight is 468 g/mol. The summed E-state index contributed by atoms with van der Waals surface area (Å²) in [5.74, 6) is 2.58. The second kappa shape index (κ2) is 12.6. The standard InChI is InChI=1S/C27H37N3O4/c1-6-33-19-23(31)17-29(16-20(2)3)18-26-21(4)28-30(22-10-8-7-9-11-22)27(26)34-25-14-12-24(32-5)13-15-25/h7-15,20,23,31H,6,16-19H2,1-5H3/t23-/m0/s1. The Kier molecular flexibility index (Phi) is 9.51. The van der Waals surface area contributed by atoms with Crippen LogP contribution in [-0.2, 0) is 11.3 Å². The molecular formula is C27H37N3O4. The van der Waals surface area contributed by atoms with E-state index in [1.165, 1.54) is 0 Å². The molecule has 1 heterocycles. The van der Waals surface area contributed by atoms with Crippen LogP contribution in [0, 0.1) is 12.8 Å². The first-order valence-corrected chi connectivity index (χ1v) is 11.8. The molecular weight excluding hydrogens is 430 g/mol. The number of aliphatic hydroxyl groups excluding tert-OH is 1. The maximum atomic E-state index is 10.5. The van der Waals surface area contributed by atoms with E-state index in [2.05, 4.69) is 18.7 Å². The van der Waals surface area contributed by atoms with E-state index in [0.29, 0.717) is 43.9 Å². The highest BCUT2D eigenvalue weighted by Crippen LogP contribution is 2.32. The number of para-hydroxylation sites is 1. The van der Waals surface area contributed by atoms with Crippen molar-refractivity contribution < 1.29 is 19.3 Å². The fraction of sp³-hybridized carbons (Fsp3) is 0.444. The van der Waals surface area contributed by atoms with Crippen molar-refractivity contribution in [2.75, 3.05) is 33.4 Å². The van der Waals surface area contributed by atoms with Gasteiger partial charge in [-0.25, -0.2) is 4.68 Å². The van der Waals surface area contributed by atoms with Crippen molar-refractivity contribution in [2.24, 2.45) is 5.92 Å². The van der Waals surface area contributed by atoms with Crippen LogP contribution in [0.1, 0.15) is 32.0 Å². The molecule has 3 rings (SSSR count). The molecule has 0 amide bonds. The molecule has 0 aliphatic carbocycles. The third-order valence-electron chi connectivity index (χ3n) is 5.40. The van der Waals surface area contributed by atoms with E-state index in [9.17, 15) is 5.11 Å². The summed E-state index contributed by atoms with van der Waals surface area (Å²) in [6, 6.07) is 17.5. The zero-order valence-electron chi connectivity index (χ0n) is 20.9. The fourth-order valence-electron chi connectivity index (χ4n) is 3.87. The Morgan fingerprint density at radius 2 is 1.68 bits per heavy atom. The summed E-state index contributed by atoms with van der Waals surface area (Å²) in [6.45, 7) is 11.1. The van der Waals surface area contributed by atoms with E-state index < -0.39 is 6.10 Å². The molecule has 7 heteroatoms. The van der Waals surface area contributed by atoms with E-state index in [1.54, 1.807) is 7.11 Å². The van der Waals surface area contributed by atoms with Crippen LogP contribution < -0.4 is 9.47 Å². The Labute approximate surface area is 202 Å². The molecule has 0 aliphatic rings. The molecule has 7 nitrogen and oxygen atoms in total. The fourth-order valence-corrected chi connectivity index (χ4v) is 3.87. The summed E-state index contributed by atoms with van der Waals surface area (Å²) < 4.78 is 19.0. The molecule has 0 radical (unpaired) electrons. The number of nitrogens with zero attached hydrogens (tertiary/aromatic N) is 3. The molecule has 0 unspecified atom stereocenters. The Morgan fingerprint density at radius 3 is 2.29 bits per heavy atom. The van der Waals surface area contributed by atoms with Gasteiger partial charge < -0.3 is 19.3 Å². The van der Waals surface area contributed by atoms with Gasteiger partial charge in [0.2, 0.25) is 5.88 Å². The lowest BCUT2D eigenvalue weighted by Crippen LogP contribution is -2.37. The zero-order chi connectivity index (χ0) is 24.5. The Bertz CT molecular complexity index is 1000. The van der Waals surface area contributed by atoms with Crippen LogP contribution in [0.4, 0.5) is 0 Å². The number of ether oxygens (including phenoxy) is 3. The molecule has 1 atom stereocenters. The van der Waals surface area contributed by atoms with Crippen LogP contribution in [0.15, 0.2) is 54.6 Å². The number of aromatic nitrogens is 2. The van der Waals surface area contributed by atoms with Crippen LogP contribution in [0.25, 0.3) is 5.69 Å². The first-order chi connectivity index (χ1) is 16.4. The normalized spacial score (nSPS) is 12.4. The van der Waals surface area contributed by atoms with Gasteiger partial charge in [0.15, 0.2) is 0 Å². The number of aliphatic hydroxyl groups is 1. The van der Waals surface area contributed by atoms with Gasteiger partial charge in [-0.05, 0) is 56.2 Å². The van der Waals surface area contributed by atoms with E-state index in [0.717, 1.165) is 29.2 Å². The first-order valence-electron chi connectivity index (χ1n) is 11.8. The summed E-state index contributed by atoms with van der Waals surface area (Å²) in [4.78, 5) is 2.24. The van der Waals surface area contributed by atoms with Crippen LogP contribution in [-0.4, -0.2) is 59.3 Å². The van der Waals surface area contributed by atoms with Crippen LogP contribution in [0.2, 0.25) is 0 Å². The molecule has 0 spiro atoms. The number of hydrogen-bond donors (Lipinski definition) is 1. The van der Waals surface area contributed by atoms with Gasteiger partial charge in [0.1, 0.15) is 11.5 Å². The van der Waals surface area contributed by atoms with Gasteiger partial charge in [0, 0.05) is 26.2 Å². The molecule has 34 heavy (non-hydrogen) atoms. The minimum Gasteiger partial charge on any atom is -0.497 e. The van der Waals surface area contributed by atoms with Gasteiger partial charge >= 0.3 is 0 Å². The number of hydrogen-bond acceptors (Lipinski definition) is 6. The predicted molar refractivity (Wildman–Crippen MR) is 134 cm³/mol. The Hall–Kier alpha value is -2.87. The molecule has 0 saturated heterocycles. The van der Waals surface area contributed by atoms with Crippen molar-refractivity contribution in [3.63, 3.8) is 0 Å². The highest BCUT2D eigenvalue weighted by atomic mass is 16.5. The third-order valence-corrected chi connectivity index (χ3v) is 5.40. The van der Waals surface area contributed by atoms with Crippen molar-refractivity contribution in [3.8, 4) is 23.1 Å². The average Bonchev–Trinajstić information content (AvgIpc) is 3.13. The lowest BCUT2D eigenvalue weighted by Gasteiger charge is -2.27. The molecule has 2 aromatic carbocycles. The van der Waals surface area contributed by atoms with Crippen molar-refractivity contribution >= 4 is 0 Å². The van der Waals surface area contributed by atoms with Gasteiger partial charge in [-0.15, -0.1) is 0 Å². The van der Waals surface area contributed by atoms with E-state index in [1.807, 2.05) is 73.1 Å². The quantitative estimate of drug-likeness (QED) is 0.388. The molecule has 184 valence electrons. The van der Waals surface area contributed by atoms with Crippen LogP contribution >= 0.6 is 0 Å². The van der Waals surface area contributed by atoms with Crippen molar-refractivity contribution in [2.45, 2.75) is 40.3 Å². The summed E-state index contributed by atoms with van der Waals surface area (Å²) in [5, 5.41) is 15.3.